The Balaban J connectivity index is 1.73. The maximum atomic E-state index is 14.1. The van der Waals surface area contributed by atoms with Gasteiger partial charge in [0.05, 0.1) is 17.8 Å². The number of rotatable bonds is 7. The SMILES string of the molecule is Cn1nc(C(F)(F)F)cc1C1(C(F)(F)F)CC(c2ccc(C(=O)CCC(=O)NCC(F)(F)F)cc2)=NO1. The highest BCUT2D eigenvalue weighted by Crippen LogP contribution is 2.49. The van der Waals surface area contributed by atoms with Crippen LogP contribution in [-0.2, 0) is 28.5 Å². The summed E-state index contributed by atoms with van der Waals surface area (Å²) < 4.78 is 118. The summed E-state index contributed by atoms with van der Waals surface area (Å²) in [4.78, 5) is 28.4. The quantitative estimate of drug-likeness (QED) is 0.406. The third-order valence-corrected chi connectivity index (χ3v) is 5.38. The number of nitrogens with one attached hydrogen (secondary N) is 1. The number of alkyl halides is 9. The van der Waals surface area contributed by atoms with E-state index in [4.69, 9.17) is 4.84 Å². The molecular formula is C21H17F9N4O3. The zero-order chi connectivity index (χ0) is 27.8. The molecule has 0 fully saturated rings. The van der Waals surface area contributed by atoms with Crippen LogP contribution in [0.4, 0.5) is 39.5 Å². The molecule has 1 atom stereocenters. The van der Waals surface area contributed by atoms with Crippen LogP contribution in [0.1, 0.15) is 46.6 Å². The van der Waals surface area contributed by atoms with Crippen molar-refractivity contribution >= 4 is 17.4 Å². The zero-order valence-electron chi connectivity index (χ0n) is 18.7. The molecule has 0 aliphatic carbocycles. The fraction of sp³-hybridized carbons (Fsp3) is 0.429. The van der Waals surface area contributed by atoms with Gasteiger partial charge in [0.2, 0.25) is 5.91 Å². The van der Waals surface area contributed by atoms with Crippen LogP contribution >= 0.6 is 0 Å². The maximum Gasteiger partial charge on any atom is 0.437 e. The highest BCUT2D eigenvalue weighted by molar-refractivity contribution is 6.03. The first kappa shape index (κ1) is 28.0. The van der Waals surface area contributed by atoms with Crippen molar-refractivity contribution in [3.05, 3.63) is 52.8 Å². The molecule has 1 aliphatic heterocycles. The van der Waals surface area contributed by atoms with Gasteiger partial charge in [0, 0.05) is 25.5 Å². The van der Waals surface area contributed by atoms with Gasteiger partial charge in [-0.2, -0.15) is 44.6 Å². The van der Waals surface area contributed by atoms with Crippen molar-refractivity contribution in [2.45, 2.75) is 43.4 Å². The summed E-state index contributed by atoms with van der Waals surface area (Å²) in [7, 11) is 0.906. The molecule has 2 aromatic rings. The van der Waals surface area contributed by atoms with E-state index in [9.17, 15) is 49.1 Å². The second-order valence-electron chi connectivity index (χ2n) is 8.06. The van der Waals surface area contributed by atoms with Gasteiger partial charge in [0.25, 0.3) is 5.60 Å². The number of Topliss-reactive ketones (excluding diaryl/α,β-unsaturated/α-hetero) is 1. The summed E-state index contributed by atoms with van der Waals surface area (Å²) in [5.41, 5.74) is -5.87. The monoisotopic (exact) mass is 544 g/mol. The van der Waals surface area contributed by atoms with Crippen LogP contribution in [-0.4, -0.2) is 46.1 Å². The molecule has 0 spiro atoms. The van der Waals surface area contributed by atoms with Crippen molar-refractivity contribution in [3.8, 4) is 0 Å². The minimum absolute atomic E-state index is 0.0235. The Hall–Kier alpha value is -3.59. The van der Waals surface area contributed by atoms with Gasteiger partial charge < -0.3 is 10.2 Å². The van der Waals surface area contributed by atoms with Crippen molar-refractivity contribution in [1.82, 2.24) is 15.1 Å². The minimum Gasteiger partial charge on any atom is -0.372 e. The Morgan fingerprint density at radius 1 is 1.03 bits per heavy atom. The molecule has 1 unspecified atom stereocenters. The molecule has 3 rings (SSSR count). The molecule has 0 saturated heterocycles. The number of carbonyl (C=O) groups excluding carboxylic acids is 2. The van der Waals surface area contributed by atoms with Crippen LogP contribution in [0.25, 0.3) is 0 Å². The van der Waals surface area contributed by atoms with E-state index in [-0.39, 0.29) is 22.9 Å². The zero-order valence-corrected chi connectivity index (χ0v) is 18.7. The fourth-order valence-electron chi connectivity index (χ4n) is 3.51. The van der Waals surface area contributed by atoms with Gasteiger partial charge in [-0.15, -0.1) is 0 Å². The van der Waals surface area contributed by atoms with Crippen molar-refractivity contribution in [2.75, 3.05) is 6.54 Å². The molecule has 202 valence electrons. The van der Waals surface area contributed by atoms with E-state index in [1.165, 1.54) is 24.3 Å². The van der Waals surface area contributed by atoms with Gasteiger partial charge in [-0.05, 0) is 11.6 Å². The molecular weight excluding hydrogens is 527 g/mol. The first-order chi connectivity index (χ1) is 16.9. The number of hydrogen-bond acceptors (Lipinski definition) is 5. The molecule has 7 nitrogen and oxygen atoms in total. The second-order valence-corrected chi connectivity index (χ2v) is 8.06. The average molecular weight is 544 g/mol. The predicted octanol–water partition coefficient (Wildman–Crippen LogP) is 4.66. The van der Waals surface area contributed by atoms with Crippen molar-refractivity contribution < 1.29 is 53.9 Å². The van der Waals surface area contributed by atoms with Gasteiger partial charge in [0.1, 0.15) is 6.54 Å². The molecule has 1 aliphatic rings. The van der Waals surface area contributed by atoms with Crippen molar-refractivity contribution in [3.63, 3.8) is 0 Å². The molecule has 2 heterocycles. The number of halogens is 9. The predicted molar refractivity (Wildman–Crippen MR) is 107 cm³/mol. The van der Waals surface area contributed by atoms with Gasteiger partial charge in [-0.1, -0.05) is 29.4 Å². The van der Waals surface area contributed by atoms with Crippen LogP contribution < -0.4 is 5.32 Å². The summed E-state index contributed by atoms with van der Waals surface area (Å²) in [5.74, 6) is -1.61. The lowest BCUT2D eigenvalue weighted by molar-refractivity contribution is -0.278. The highest BCUT2D eigenvalue weighted by Gasteiger charge is 2.64. The topological polar surface area (TPSA) is 85.6 Å². The maximum absolute atomic E-state index is 14.1. The Morgan fingerprint density at radius 3 is 2.16 bits per heavy atom. The fourth-order valence-corrected chi connectivity index (χ4v) is 3.51. The molecule has 37 heavy (non-hydrogen) atoms. The number of aromatic nitrogens is 2. The Morgan fingerprint density at radius 2 is 1.65 bits per heavy atom. The third kappa shape index (κ3) is 6.22. The van der Waals surface area contributed by atoms with E-state index in [0.717, 1.165) is 7.05 Å². The van der Waals surface area contributed by atoms with Crippen LogP contribution in [0.2, 0.25) is 0 Å². The number of aryl methyl sites for hydroxylation is 1. The Labute approximate surface area is 202 Å². The smallest absolute Gasteiger partial charge is 0.372 e. The number of oxime groups is 1. The lowest BCUT2D eigenvalue weighted by Gasteiger charge is -2.28. The number of benzene rings is 1. The van der Waals surface area contributed by atoms with E-state index < -0.39 is 73.0 Å². The molecule has 16 heteroatoms. The molecule has 0 saturated carbocycles. The van der Waals surface area contributed by atoms with Crippen molar-refractivity contribution in [2.24, 2.45) is 12.2 Å². The second kappa shape index (κ2) is 9.70. The number of amides is 1. The normalized spacial score (nSPS) is 18.4. The van der Waals surface area contributed by atoms with Gasteiger partial charge in [-0.3, -0.25) is 14.3 Å². The Kier molecular flexibility index (Phi) is 7.34. The molecule has 0 bridgehead atoms. The van der Waals surface area contributed by atoms with E-state index in [1.54, 1.807) is 5.32 Å². The number of nitrogens with zero attached hydrogens (tertiary/aromatic N) is 3. The van der Waals surface area contributed by atoms with E-state index in [1.807, 2.05) is 0 Å². The number of ketones is 1. The lowest BCUT2D eigenvalue weighted by Crippen LogP contribution is -2.44. The average Bonchev–Trinajstić information content (AvgIpc) is 3.40. The van der Waals surface area contributed by atoms with Crippen LogP contribution in [0.5, 0.6) is 0 Å². The number of carbonyl (C=O) groups is 2. The lowest BCUT2D eigenvalue weighted by atomic mass is 9.89. The summed E-state index contributed by atoms with van der Waals surface area (Å²) >= 11 is 0. The Bertz CT molecular complexity index is 1200. The van der Waals surface area contributed by atoms with Crippen LogP contribution in [0.3, 0.4) is 0 Å². The van der Waals surface area contributed by atoms with Crippen molar-refractivity contribution in [1.29, 1.82) is 0 Å². The molecule has 1 N–H and O–H groups in total. The summed E-state index contributed by atoms with van der Waals surface area (Å²) in [5, 5.41) is 8.16. The van der Waals surface area contributed by atoms with E-state index in [2.05, 4.69) is 10.3 Å². The standard InChI is InChI=1S/C21H17F9N4O3/c1-34-16(8-15(32-34)20(25,26)27)18(21(28,29)30)9-13(33-37-18)11-2-4-12(5-3-11)14(35)6-7-17(36)31-10-19(22,23)24/h2-5,8H,6-7,9-10H2,1H3,(H,31,36). The molecule has 1 amide bonds. The highest BCUT2D eigenvalue weighted by atomic mass is 19.4. The van der Waals surface area contributed by atoms with Crippen LogP contribution in [0.15, 0.2) is 35.5 Å². The minimum atomic E-state index is -5.18. The van der Waals surface area contributed by atoms with E-state index >= 15 is 0 Å². The summed E-state index contributed by atoms with van der Waals surface area (Å²) in [6.45, 7) is -1.55. The largest absolute Gasteiger partial charge is 0.437 e. The summed E-state index contributed by atoms with van der Waals surface area (Å²) in [6, 6.07) is 5.07. The first-order valence-corrected chi connectivity index (χ1v) is 10.3. The molecule has 0 radical (unpaired) electrons. The third-order valence-electron chi connectivity index (χ3n) is 5.38. The van der Waals surface area contributed by atoms with Gasteiger partial charge >= 0.3 is 18.5 Å². The number of hydrogen-bond donors (Lipinski definition) is 1. The molecule has 1 aromatic carbocycles. The summed E-state index contributed by atoms with van der Waals surface area (Å²) in [6.07, 6.45) is -16.7. The van der Waals surface area contributed by atoms with Crippen LogP contribution in [0, 0.1) is 0 Å². The van der Waals surface area contributed by atoms with Gasteiger partial charge in [0.15, 0.2) is 11.5 Å². The van der Waals surface area contributed by atoms with E-state index in [0.29, 0.717) is 4.68 Å². The molecule has 1 aromatic heterocycles. The first-order valence-electron chi connectivity index (χ1n) is 10.3. The van der Waals surface area contributed by atoms with Gasteiger partial charge in [-0.25, -0.2) is 0 Å².